The van der Waals surface area contributed by atoms with Gasteiger partial charge in [-0.1, -0.05) is 17.7 Å². The Morgan fingerprint density at radius 1 is 0.970 bits per heavy atom. The van der Waals surface area contributed by atoms with E-state index < -0.39 is 5.97 Å². The van der Waals surface area contributed by atoms with E-state index >= 15 is 0 Å². The minimum atomic E-state index is -0.401. The lowest BCUT2D eigenvalue weighted by Crippen LogP contribution is -2.35. The summed E-state index contributed by atoms with van der Waals surface area (Å²) in [6.45, 7) is 2.66. The van der Waals surface area contributed by atoms with Gasteiger partial charge >= 0.3 is 5.97 Å². The number of hydrogen-bond donors (Lipinski definition) is 1. The Labute approximate surface area is 197 Å². The molecule has 168 valence electrons. The zero-order valence-electron chi connectivity index (χ0n) is 18.1. The Hall–Kier alpha value is -3.64. The predicted molar refractivity (Wildman–Crippen MR) is 128 cm³/mol. The second-order valence-corrected chi connectivity index (χ2v) is 8.10. The molecular formula is C26H23ClN2O4. The number of ether oxygens (including phenoxy) is 1. The summed E-state index contributed by atoms with van der Waals surface area (Å²) >= 11 is 6.05. The molecule has 1 aliphatic rings. The molecule has 33 heavy (non-hydrogen) atoms. The molecule has 0 radical (unpaired) electrons. The van der Waals surface area contributed by atoms with Crippen LogP contribution in [0.1, 0.15) is 50.0 Å². The first-order valence-corrected chi connectivity index (χ1v) is 11.1. The van der Waals surface area contributed by atoms with Gasteiger partial charge in [0.1, 0.15) is 0 Å². The summed E-state index contributed by atoms with van der Waals surface area (Å²) in [4.78, 5) is 39.4. The van der Waals surface area contributed by atoms with Crippen LogP contribution in [0.25, 0.3) is 0 Å². The van der Waals surface area contributed by atoms with Gasteiger partial charge in [-0.25, -0.2) is 4.79 Å². The van der Waals surface area contributed by atoms with E-state index in [1.54, 1.807) is 66.4 Å². The normalized spacial score (nSPS) is 12.6. The maximum absolute atomic E-state index is 13.0. The highest BCUT2D eigenvalue weighted by Crippen LogP contribution is 2.30. The van der Waals surface area contributed by atoms with Crippen LogP contribution in [0.2, 0.25) is 5.02 Å². The van der Waals surface area contributed by atoms with Crippen molar-refractivity contribution in [2.24, 2.45) is 0 Å². The number of esters is 1. The molecule has 3 aromatic rings. The maximum Gasteiger partial charge on any atom is 0.338 e. The zero-order chi connectivity index (χ0) is 23.4. The van der Waals surface area contributed by atoms with Crippen LogP contribution in [-0.4, -0.2) is 30.9 Å². The first-order chi connectivity index (χ1) is 16.0. The van der Waals surface area contributed by atoms with Crippen LogP contribution in [0.4, 0.5) is 11.4 Å². The van der Waals surface area contributed by atoms with Crippen molar-refractivity contribution in [1.82, 2.24) is 0 Å². The largest absolute Gasteiger partial charge is 0.462 e. The zero-order valence-corrected chi connectivity index (χ0v) is 18.9. The van der Waals surface area contributed by atoms with Gasteiger partial charge in [-0.15, -0.1) is 0 Å². The second kappa shape index (κ2) is 9.88. The van der Waals surface area contributed by atoms with E-state index in [1.807, 2.05) is 12.1 Å². The number of amides is 2. The third-order valence-corrected chi connectivity index (χ3v) is 5.67. The lowest BCUT2D eigenvalue weighted by atomic mass is 9.98. The Balaban J connectivity index is 1.50. The van der Waals surface area contributed by atoms with Crippen molar-refractivity contribution in [3.8, 4) is 0 Å². The number of benzene rings is 3. The molecule has 0 atom stereocenters. The van der Waals surface area contributed by atoms with Crippen molar-refractivity contribution >= 4 is 40.8 Å². The number of aryl methyl sites for hydroxylation is 1. The SMILES string of the molecule is CCOC(=O)c1ccc(NC(=O)c2ccc3c(c2)CCCN3C(=O)c2cccc(Cl)c2)cc1. The highest BCUT2D eigenvalue weighted by Gasteiger charge is 2.24. The topological polar surface area (TPSA) is 75.7 Å². The molecule has 0 fully saturated rings. The van der Waals surface area contributed by atoms with Crippen LogP contribution in [0.5, 0.6) is 0 Å². The van der Waals surface area contributed by atoms with Crippen LogP contribution in [0.15, 0.2) is 66.7 Å². The summed E-state index contributed by atoms with van der Waals surface area (Å²) in [6.07, 6.45) is 1.59. The van der Waals surface area contributed by atoms with Gasteiger partial charge < -0.3 is 15.0 Å². The number of nitrogens with one attached hydrogen (secondary N) is 1. The number of anilines is 2. The molecule has 0 saturated carbocycles. The minimum absolute atomic E-state index is 0.114. The Morgan fingerprint density at radius 3 is 2.45 bits per heavy atom. The summed E-state index contributed by atoms with van der Waals surface area (Å²) in [7, 11) is 0. The van der Waals surface area contributed by atoms with Crippen molar-refractivity contribution in [2.45, 2.75) is 19.8 Å². The fourth-order valence-electron chi connectivity index (χ4n) is 3.83. The third kappa shape index (κ3) is 5.07. The average molecular weight is 463 g/mol. The average Bonchev–Trinajstić information content (AvgIpc) is 2.83. The monoisotopic (exact) mass is 462 g/mol. The molecule has 1 aliphatic heterocycles. The quantitative estimate of drug-likeness (QED) is 0.518. The van der Waals surface area contributed by atoms with Crippen LogP contribution in [-0.2, 0) is 11.2 Å². The van der Waals surface area contributed by atoms with E-state index in [1.165, 1.54) is 0 Å². The van der Waals surface area contributed by atoms with Gasteiger partial charge in [0.15, 0.2) is 0 Å². The fraction of sp³-hybridized carbons (Fsp3) is 0.192. The summed E-state index contributed by atoms with van der Waals surface area (Å²) in [5, 5.41) is 3.36. The van der Waals surface area contributed by atoms with Gasteiger partial charge in [0.2, 0.25) is 0 Å². The molecule has 2 amide bonds. The van der Waals surface area contributed by atoms with Crippen LogP contribution in [0.3, 0.4) is 0 Å². The fourth-order valence-corrected chi connectivity index (χ4v) is 4.02. The molecule has 6 nitrogen and oxygen atoms in total. The number of rotatable bonds is 5. The van der Waals surface area contributed by atoms with E-state index in [2.05, 4.69) is 5.32 Å². The van der Waals surface area contributed by atoms with Crippen molar-refractivity contribution in [2.75, 3.05) is 23.4 Å². The maximum atomic E-state index is 13.0. The molecule has 4 rings (SSSR count). The summed E-state index contributed by atoms with van der Waals surface area (Å²) in [5.74, 6) is -0.778. The molecule has 1 N–H and O–H groups in total. The molecule has 3 aromatic carbocycles. The van der Waals surface area contributed by atoms with Gasteiger partial charge in [0.25, 0.3) is 11.8 Å². The summed E-state index contributed by atoms with van der Waals surface area (Å²) in [6, 6.07) is 18.8. The molecule has 0 bridgehead atoms. The highest BCUT2D eigenvalue weighted by atomic mass is 35.5. The highest BCUT2D eigenvalue weighted by molar-refractivity contribution is 6.31. The lowest BCUT2D eigenvalue weighted by Gasteiger charge is -2.30. The van der Waals surface area contributed by atoms with Crippen LogP contribution in [0, 0.1) is 0 Å². The molecule has 7 heteroatoms. The van der Waals surface area contributed by atoms with E-state index in [-0.39, 0.29) is 11.8 Å². The number of halogens is 1. The minimum Gasteiger partial charge on any atom is -0.462 e. The van der Waals surface area contributed by atoms with Gasteiger partial charge in [-0.2, -0.15) is 0 Å². The second-order valence-electron chi connectivity index (χ2n) is 7.67. The van der Waals surface area contributed by atoms with Crippen molar-refractivity contribution < 1.29 is 19.1 Å². The van der Waals surface area contributed by atoms with Gasteiger partial charge in [-0.3, -0.25) is 9.59 Å². The molecule has 0 unspecified atom stereocenters. The van der Waals surface area contributed by atoms with E-state index in [4.69, 9.17) is 16.3 Å². The molecule has 0 saturated heterocycles. The van der Waals surface area contributed by atoms with E-state index in [0.29, 0.717) is 40.6 Å². The molecule has 1 heterocycles. The van der Waals surface area contributed by atoms with Crippen LogP contribution < -0.4 is 10.2 Å². The molecular weight excluding hydrogens is 440 g/mol. The van der Waals surface area contributed by atoms with E-state index in [0.717, 1.165) is 24.1 Å². The van der Waals surface area contributed by atoms with Crippen molar-refractivity contribution in [1.29, 1.82) is 0 Å². The number of carbonyl (C=O) groups excluding carboxylic acids is 3. The number of nitrogens with zero attached hydrogens (tertiary/aromatic N) is 1. The number of carbonyl (C=O) groups is 3. The molecule has 0 aromatic heterocycles. The smallest absolute Gasteiger partial charge is 0.338 e. The van der Waals surface area contributed by atoms with Gasteiger partial charge in [0.05, 0.1) is 12.2 Å². The third-order valence-electron chi connectivity index (χ3n) is 5.43. The Kier molecular flexibility index (Phi) is 6.75. The number of fused-ring (bicyclic) bond motifs is 1. The van der Waals surface area contributed by atoms with Crippen molar-refractivity contribution in [3.63, 3.8) is 0 Å². The molecule has 0 spiro atoms. The van der Waals surface area contributed by atoms with Gasteiger partial charge in [-0.05, 0) is 86.0 Å². The Bertz CT molecular complexity index is 1210. The first kappa shape index (κ1) is 22.6. The standard InChI is InChI=1S/C26H23ClN2O4/c1-2-33-26(32)17-8-11-22(12-9-17)28-24(30)19-10-13-23-18(15-19)6-4-14-29(23)25(31)20-5-3-7-21(27)16-20/h3,5,7-13,15-16H,2,4,6,14H2,1H3,(H,28,30). The number of hydrogen-bond acceptors (Lipinski definition) is 4. The predicted octanol–water partition coefficient (Wildman–Crippen LogP) is 5.36. The first-order valence-electron chi connectivity index (χ1n) is 10.7. The summed E-state index contributed by atoms with van der Waals surface area (Å²) in [5.41, 5.74) is 3.78. The lowest BCUT2D eigenvalue weighted by molar-refractivity contribution is 0.0526. The van der Waals surface area contributed by atoms with Crippen LogP contribution >= 0.6 is 11.6 Å². The molecule has 0 aliphatic carbocycles. The van der Waals surface area contributed by atoms with Crippen molar-refractivity contribution in [3.05, 3.63) is 94.0 Å². The summed E-state index contributed by atoms with van der Waals surface area (Å²) < 4.78 is 4.97. The van der Waals surface area contributed by atoms with E-state index in [9.17, 15) is 14.4 Å². The van der Waals surface area contributed by atoms with Gasteiger partial charge in [0, 0.05) is 34.1 Å². The Morgan fingerprint density at radius 2 is 1.73 bits per heavy atom.